The van der Waals surface area contributed by atoms with E-state index in [-0.39, 0.29) is 12.5 Å². The van der Waals surface area contributed by atoms with E-state index in [2.05, 4.69) is 17.6 Å². The van der Waals surface area contributed by atoms with E-state index >= 15 is 0 Å². The molecule has 1 aromatic carbocycles. The topological polar surface area (TPSA) is 105 Å². The molecule has 0 atom stereocenters. The molecule has 2 aliphatic rings. The summed E-state index contributed by atoms with van der Waals surface area (Å²) in [5, 5.41) is 15.0. The van der Waals surface area contributed by atoms with Gasteiger partial charge in [0.25, 0.3) is 11.8 Å². The predicted molar refractivity (Wildman–Crippen MR) is 90.6 cm³/mol. The van der Waals surface area contributed by atoms with E-state index in [0.717, 1.165) is 19.3 Å². The maximum absolute atomic E-state index is 12.6. The smallest absolute Gasteiger partial charge is 0.329 e. The minimum Gasteiger partial charge on any atom is -0.482 e. The molecule has 0 saturated heterocycles. The van der Waals surface area contributed by atoms with E-state index in [1.165, 1.54) is 6.07 Å². The van der Waals surface area contributed by atoms with Crippen molar-refractivity contribution in [3.63, 3.8) is 0 Å². The fourth-order valence-electron chi connectivity index (χ4n) is 3.48. The van der Waals surface area contributed by atoms with Gasteiger partial charge in [-0.05, 0) is 49.8 Å². The van der Waals surface area contributed by atoms with E-state index < -0.39 is 17.4 Å². The Balaban J connectivity index is 1.77. The van der Waals surface area contributed by atoms with Crippen LogP contribution < -0.4 is 15.4 Å². The lowest BCUT2D eigenvalue weighted by atomic mass is 9.75. The van der Waals surface area contributed by atoms with Crippen LogP contribution in [0, 0.1) is 5.92 Å². The van der Waals surface area contributed by atoms with Crippen LogP contribution in [0.2, 0.25) is 0 Å². The van der Waals surface area contributed by atoms with Crippen molar-refractivity contribution in [3.05, 3.63) is 23.8 Å². The minimum absolute atomic E-state index is 0.0563. The summed E-state index contributed by atoms with van der Waals surface area (Å²) in [7, 11) is 0. The van der Waals surface area contributed by atoms with Crippen molar-refractivity contribution in [2.45, 2.75) is 44.6 Å². The highest BCUT2D eigenvalue weighted by atomic mass is 16.5. The number of carbonyl (C=O) groups excluding carboxylic acids is 2. The van der Waals surface area contributed by atoms with Crippen LogP contribution in [-0.4, -0.2) is 35.0 Å². The molecule has 0 radical (unpaired) electrons. The van der Waals surface area contributed by atoms with Crippen molar-refractivity contribution >= 4 is 23.5 Å². The van der Waals surface area contributed by atoms with Crippen molar-refractivity contribution in [1.82, 2.24) is 5.32 Å². The van der Waals surface area contributed by atoms with Crippen molar-refractivity contribution in [2.75, 3.05) is 11.9 Å². The van der Waals surface area contributed by atoms with E-state index in [0.29, 0.717) is 35.8 Å². The lowest BCUT2D eigenvalue weighted by Gasteiger charge is -2.37. The summed E-state index contributed by atoms with van der Waals surface area (Å²) in [5.74, 6) is -0.733. The average molecular weight is 346 g/mol. The Kier molecular flexibility index (Phi) is 4.65. The second-order valence-electron chi connectivity index (χ2n) is 6.74. The van der Waals surface area contributed by atoms with Gasteiger partial charge >= 0.3 is 5.97 Å². The molecule has 0 spiro atoms. The number of carboxylic acids is 1. The zero-order chi connectivity index (χ0) is 18.0. The summed E-state index contributed by atoms with van der Waals surface area (Å²) < 4.78 is 5.26. The van der Waals surface area contributed by atoms with E-state index in [4.69, 9.17) is 4.74 Å². The van der Waals surface area contributed by atoms with Crippen molar-refractivity contribution in [3.8, 4) is 5.75 Å². The fraction of sp³-hybridized carbons (Fsp3) is 0.500. The summed E-state index contributed by atoms with van der Waals surface area (Å²) in [6, 6.07) is 4.68. The van der Waals surface area contributed by atoms with Crippen molar-refractivity contribution in [1.29, 1.82) is 0 Å². The van der Waals surface area contributed by atoms with Crippen LogP contribution in [0.1, 0.15) is 49.4 Å². The number of rotatable bonds is 4. The quantitative estimate of drug-likeness (QED) is 0.775. The van der Waals surface area contributed by atoms with Gasteiger partial charge in [0.05, 0.1) is 5.69 Å². The number of hydrogen-bond acceptors (Lipinski definition) is 4. The van der Waals surface area contributed by atoms with E-state index in [9.17, 15) is 19.5 Å². The third-order valence-corrected chi connectivity index (χ3v) is 5.17. The fourth-order valence-corrected chi connectivity index (χ4v) is 3.48. The van der Waals surface area contributed by atoms with Gasteiger partial charge in [0.15, 0.2) is 6.61 Å². The lowest BCUT2D eigenvalue weighted by Crippen LogP contribution is -2.56. The predicted octanol–water partition coefficient (Wildman–Crippen LogP) is 2.17. The van der Waals surface area contributed by atoms with Gasteiger partial charge in [0.1, 0.15) is 11.3 Å². The number of carbonyl (C=O) groups is 3. The van der Waals surface area contributed by atoms with E-state index in [1.807, 2.05) is 0 Å². The SMILES string of the molecule is CCC1CCC(NC(=O)c2ccc3c(c2)NC(=O)CO3)(C(=O)O)CC1. The van der Waals surface area contributed by atoms with Gasteiger partial charge in [-0.15, -0.1) is 0 Å². The van der Waals surface area contributed by atoms with Crippen LogP contribution in [0.3, 0.4) is 0 Å². The van der Waals surface area contributed by atoms with Gasteiger partial charge < -0.3 is 20.5 Å². The Bertz CT molecular complexity index is 707. The summed E-state index contributed by atoms with van der Waals surface area (Å²) in [5.41, 5.74) is -0.510. The third-order valence-electron chi connectivity index (χ3n) is 5.17. The molecule has 0 aromatic heterocycles. The minimum atomic E-state index is -1.22. The summed E-state index contributed by atoms with van der Waals surface area (Å²) in [6.45, 7) is 2.04. The molecule has 1 aromatic rings. The number of nitrogens with one attached hydrogen (secondary N) is 2. The molecule has 7 heteroatoms. The molecule has 134 valence electrons. The Hall–Kier alpha value is -2.57. The maximum atomic E-state index is 12.6. The first-order chi connectivity index (χ1) is 11.9. The Morgan fingerprint density at radius 3 is 2.72 bits per heavy atom. The number of benzene rings is 1. The Labute approximate surface area is 145 Å². The van der Waals surface area contributed by atoms with Crippen molar-refractivity contribution < 1.29 is 24.2 Å². The number of amides is 2. The van der Waals surface area contributed by atoms with Crippen LogP contribution in [0.15, 0.2) is 18.2 Å². The molecular formula is C18H22N2O5. The number of ether oxygens (including phenoxy) is 1. The van der Waals surface area contributed by atoms with Gasteiger partial charge in [-0.25, -0.2) is 4.79 Å². The molecule has 0 bridgehead atoms. The molecule has 0 unspecified atom stereocenters. The average Bonchev–Trinajstić information content (AvgIpc) is 2.61. The largest absolute Gasteiger partial charge is 0.482 e. The number of carboxylic acid groups (broad SMARTS) is 1. The molecule has 2 amide bonds. The Morgan fingerprint density at radius 1 is 1.36 bits per heavy atom. The molecule has 3 N–H and O–H groups in total. The first kappa shape index (κ1) is 17.3. The maximum Gasteiger partial charge on any atom is 0.329 e. The van der Waals surface area contributed by atoms with Gasteiger partial charge in [0, 0.05) is 5.56 Å². The zero-order valence-corrected chi connectivity index (χ0v) is 14.1. The molecule has 25 heavy (non-hydrogen) atoms. The molecule has 1 fully saturated rings. The number of fused-ring (bicyclic) bond motifs is 1. The molecule has 1 saturated carbocycles. The van der Waals surface area contributed by atoms with Crippen LogP contribution in [0.5, 0.6) is 5.75 Å². The highest BCUT2D eigenvalue weighted by Crippen LogP contribution is 2.35. The first-order valence-corrected chi connectivity index (χ1v) is 8.56. The van der Waals surface area contributed by atoms with E-state index in [1.54, 1.807) is 12.1 Å². The summed E-state index contributed by atoms with van der Waals surface area (Å²) >= 11 is 0. The molecule has 1 aliphatic carbocycles. The highest BCUT2D eigenvalue weighted by molar-refractivity contribution is 6.01. The molecular weight excluding hydrogens is 324 g/mol. The second kappa shape index (κ2) is 6.74. The molecule has 7 nitrogen and oxygen atoms in total. The van der Waals surface area contributed by atoms with Gasteiger partial charge in [-0.3, -0.25) is 9.59 Å². The van der Waals surface area contributed by atoms with Crippen LogP contribution >= 0.6 is 0 Å². The third kappa shape index (κ3) is 3.45. The first-order valence-electron chi connectivity index (χ1n) is 8.56. The molecule has 1 aliphatic heterocycles. The van der Waals surface area contributed by atoms with Crippen LogP contribution in [0.25, 0.3) is 0 Å². The van der Waals surface area contributed by atoms with Gasteiger partial charge in [0.2, 0.25) is 0 Å². The normalized spacial score (nSPS) is 25.3. The summed E-state index contributed by atoms with van der Waals surface area (Å²) in [4.78, 5) is 35.8. The number of anilines is 1. The summed E-state index contributed by atoms with van der Waals surface area (Å²) in [6.07, 6.45) is 3.46. The van der Waals surface area contributed by atoms with Crippen molar-refractivity contribution in [2.24, 2.45) is 5.92 Å². The van der Waals surface area contributed by atoms with Gasteiger partial charge in [-0.1, -0.05) is 13.3 Å². The molecule has 3 rings (SSSR count). The Morgan fingerprint density at radius 2 is 2.08 bits per heavy atom. The number of hydrogen-bond donors (Lipinski definition) is 3. The number of aliphatic carboxylic acids is 1. The monoisotopic (exact) mass is 346 g/mol. The highest BCUT2D eigenvalue weighted by Gasteiger charge is 2.43. The lowest BCUT2D eigenvalue weighted by molar-refractivity contribution is -0.146. The molecule has 1 heterocycles. The van der Waals surface area contributed by atoms with Crippen LogP contribution in [0.4, 0.5) is 5.69 Å². The van der Waals surface area contributed by atoms with Crippen LogP contribution in [-0.2, 0) is 9.59 Å². The second-order valence-corrected chi connectivity index (χ2v) is 6.74. The zero-order valence-electron chi connectivity index (χ0n) is 14.1. The van der Waals surface area contributed by atoms with Gasteiger partial charge in [-0.2, -0.15) is 0 Å². The standard InChI is InChI=1S/C18H22N2O5/c1-2-11-5-7-18(8-6-11,17(23)24)20-16(22)12-3-4-14-13(9-12)19-15(21)10-25-14/h3-4,9,11H,2,5-8,10H2,1H3,(H,19,21)(H,20,22)(H,23,24).